The summed E-state index contributed by atoms with van der Waals surface area (Å²) in [5.41, 5.74) is 1.40. The molecule has 0 radical (unpaired) electrons. The largest absolute Gasteiger partial charge is 0.416 e. The summed E-state index contributed by atoms with van der Waals surface area (Å²) in [5, 5.41) is 17.6. The molecule has 2 bridgehead atoms. The average molecular weight is 421 g/mol. The molecule has 0 fully saturated rings. The van der Waals surface area contributed by atoms with Crippen LogP contribution >= 0.6 is 0 Å². The fourth-order valence-corrected chi connectivity index (χ4v) is 5.98. The maximum atomic E-state index is 13.5. The van der Waals surface area contributed by atoms with Crippen molar-refractivity contribution in [2.45, 2.75) is 29.3 Å². The molecule has 6 nitrogen and oxygen atoms in total. The molecule has 150 valence electrons. The number of benzene rings is 2. The van der Waals surface area contributed by atoms with E-state index in [9.17, 15) is 26.7 Å². The van der Waals surface area contributed by atoms with Gasteiger partial charge >= 0.3 is 6.18 Å². The van der Waals surface area contributed by atoms with Crippen LogP contribution in [0.1, 0.15) is 46.1 Å². The molecule has 0 aliphatic carbocycles. The van der Waals surface area contributed by atoms with Gasteiger partial charge in [-0.2, -0.15) is 22.6 Å². The van der Waals surface area contributed by atoms with E-state index in [-0.39, 0.29) is 4.90 Å². The summed E-state index contributed by atoms with van der Waals surface area (Å²) in [6.07, 6.45) is -4.28. The highest BCUT2D eigenvalue weighted by Gasteiger charge is 2.54. The number of aromatic amines is 1. The second kappa shape index (κ2) is 5.91. The maximum absolute atomic E-state index is 13.5. The number of alkyl halides is 3. The number of aliphatic hydroxyl groups is 1. The number of hydrogen-bond acceptors (Lipinski definition) is 4. The van der Waals surface area contributed by atoms with Crippen molar-refractivity contribution in [3.63, 3.8) is 0 Å². The Hall–Kier alpha value is -2.69. The third-order valence-corrected chi connectivity index (χ3v) is 7.34. The van der Waals surface area contributed by atoms with Gasteiger partial charge in [-0.25, -0.2) is 8.42 Å². The predicted molar refractivity (Wildman–Crippen MR) is 95.0 cm³/mol. The molecule has 1 aromatic heterocycles. The van der Waals surface area contributed by atoms with Crippen molar-refractivity contribution in [3.8, 4) is 0 Å². The van der Waals surface area contributed by atoms with E-state index < -0.39 is 40.0 Å². The van der Waals surface area contributed by atoms with Crippen molar-refractivity contribution in [1.82, 2.24) is 14.5 Å². The van der Waals surface area contributed by atoms with Gasteiger partial charge in [-0.05, 0) is 35.4 Å². The lowest BCUT2D eigenvalue weighted by Crippen LogP contribution is -2.39. The van der Waals surface area contributed by atoms with Crippen LogP contribution in [0.15, 0.2) is 59.6 Å². The zero-order valence-corrected chi connectivity index (χ0v) is 15.4. The van der Waals surface area contributed by atoms with Gasteiger partial charge in [0.05, 0.1) is 34.4 Å². The fourth-order valence-electron chi connectivity index (χ4n) is 4.22. The quantitative estimate of drug-likeness (QED) is 0.665. The number of hydrogen-bond donors (Lipinski definition) is 2. The van der Waals surface area contributed by atoms with Gasteiger partial charge in [0, 0.05) is 5.56 Å². The maximum Gasteiger partial charge on any atom is 0.416 e. The summed E-state index contributed by atoms with van der Waals surface area (Å²) >= 11 is 0. The van der Waals surface area contributed by atoms with Gasteiger partial charge in [0.2, 0.25) is 10.0 Å². The van der Waals surface area contributed by atoms with E-state index in [0.717, 1.165) is 24.3 Å². The summed E-state index contributed by atoms with van der Waals surface area (Å²) < 4.78 is 66.7. The first-order valence-corrected chi connectivity index (χ1v) is 10.2. The lowest BCUT2D eigenvalue weighted by molar-refractivity contribution is -0.137. The normalized spacial score (nSPS) is 23.7. The zero-order chi connectivity index (χ0) is 20.6. The van der Waals surface area contributed by atoms with Crippen molar-refractivity contribution in [1.29, 1.82) is 0 Å². The average Bonchev–Trinajstić information content (AvgIpc) is 3.28. The second-order valence-corrected chi connectivity index (χ2v) is 8.86. The first-order valence-electron chi connectivity index (χ1n) is 8.72. The number of sulfonamides is 1. The Bertz CT molecular complexity index is 1210. The van der Waals surface area contributed by atoms with Crippen LogP contribution in [0.4, 0.5) is 13.2 Å². The third-order valence-electron chi connectivity index (χ3n) is 5.48. The lowest BCUT2D eigenvalue weighted by Gasteiger charge is -2.36. The summed E-state index contributed by atoms with van der Waals surface area (Å²) in [4.78, 5) is -0.271. The Morgan fingerprint density at radius 1 is 1.00 bits per heavy atom. The van der Waals surface area contributed by atoms with Crippen LogP contribution in [-0.4, -0.2) is 28.0 Å². The standard InChI is InChI=1S/C19H14F3N3O3S/c20-19(21,22)10-5-7-11(8-6-10)29(27,28)25-16-12-3-1-2-4-13(12)17(25)18(26)15-14(16)9-23-24-15/h1-9,16-18,26H,(H,23,24). The minimum absolute atomic E-state index is 0.271. The van der Waals surface area contributed by atoms with Crippen molar-refractivity contribution in [3.05, 3.63) is 82.7 Å². The second-order valence-electron chi connectivity index (χ2n) is 7.02. The molecule has 2 N–H and O–H groups in total. The van der Waals surface area contributed by atoms with Crippen molar-refractivity contribution >= 4 is 10.0 Å². The number of aliphatic hydroxyl groups excluding tert-OH is 1. The van der Waals surface area contributed by atoms with Gasteiger partial charge in [-0.3, -0.25) is 5.10 Å². The molecule has 3 atom stereocenters. The Morgan fingerprint density at radius 3 is 2.31 bits per heavy atom. The number of H-pyrrole nitrogens is 1. The first-order chi connectivity index (χ1) is 13.7. The lowest BCUT2D eigenvalue weighted by atomic mass is 9.98. The van der Waals surface area contributed by atoms with Gasteiger partial charge in [0.15, 0.2) is 0 Å². The molecule has 2 aliphatic heterocycles. The van der Waals surface area contributed by atoms with Crippen molar-refractivity contribution in [2.24, 2.45) is 0 Å². The number of nitrogens with zero attached hydrogens (tertiary/aromatic N) is 2. The summed E-state index contributed by atoms with van der Waals surface area (Å²) in [7, 11) is -4.22. The molecule has 29 heavy (non-hydrogen) atoms. The Morgan fingerprint density at radius 2 is 1.66 bits per heavy atom. The van der Waals surface area contributed by atoms with Gasteiger partial charge < -0.3 is 5.11 Å². The molecule has 3 heterocycles. The van der Waals surface area contributed by atoms with E-state index in [4.69, 9.17) is 0 Å². The molecular formula is C19H14F3N3O3S. The zero-order valence-electron chi connectivity index (χ0n) is 14.6. The number of nitrogens with one attached hydrogen (secondary N) is 1. The fraction of sp³-hybridized carbons (Fsp3) is 0.211. The molecular weight excluding hydrogens is 407 g/mol. The van der Waals surface area contributed by atoms with E-state index in [1.165, 1.54) is 10.5 Å². The molecule has 0 saturated carbocycles. The van der Waals surface area contributed by atoms with Gasteiger partial charge in [0.1, 0.15) is 6.10 Å². The summed E-state index contributed by atoms with van der Waals surface area (Å²) in [6.45, 7) is 0. The van der Waals surface area contributed by atoms with E-state index in [1.807, 2.05) is 0 Å². The molecule has 5 rings (SSSR count). The summed E-state index contributed by atoms with van der Waals surface area (Å²) in [6, 6.07) is 8.80. The van der Waals surface area contributed by atoms with Gasteiger partial charge in [-0.15, -0.1) is 0 Å². The van der Waals surface area contributed by atoms with E-state index in [2.05, 4.69) is 10.2 Å². The monoisotopic (exact) mass is 421 g/mol. The van der Waals surface area contributed by atoms with Gasteiger partial charge in [0.25, 0.3) is 0 Å². The first kappa shape index (κ1) is 18.3. The van der Waals surface area contributed by atoms with Crippen LogP contribution in [0.3, 0.4) is 0 Å². The van der Waals surface area contributed by atoms with Gasteiger partial charge in [-0.1, -0.05) is 24.3 Å². The Labute approximate surface area is 163 Å². The number of aromatic nitrogens is 2. The topological polar surface area (TPSA) is 86.3 Å². The number of rotatable bonds is 2. The number of halogens is 3. The minimum Gasteiger partial charge on any atom is -0.385 e. The molecule has 3 unspecified atom stereocenters. The van der Waals surface area contributed by atoms with Crippen molar-refractivity contribution < 1.29 is 26.7 Å². The molecule has 3 aromatic rings. The van der Waals surface area contributed by atoms with E-state index >= 15 is 0 Å². The predicted octanol–water partition coefficient (Wildman–Crippen LogP) is 3.31. The minimum atomic E-state index is -4.56. The molecule has 0 spiro atoms. The van der Waals surface area contributed by atoms with Crippen LogP contribution in [0.5, 0.6) is 0 Å². The Kier molecular flexibility index (Phi) is 3.74. The molecule has 2 aliphatic rings. The molecule has 10 heteroatoms. The van der Waals surface area contributed by atoms with Crippen LogP contribution in [-0.2, 0) is 16.2 Å². The molecule has 0 amide bonds. The molecule has 2 aromatic carbocycles. The highest BCUT2D eigenvalue weighted by atomic mass is 32.2. The Balaban J connectivity index is 1.67. The highest BCUT2D eigenvalue weighted by Crippen LogP contribution is 2.57. The van der Waals surface area contributed by atoms with E-state index in [0.29, 0.717) is 22.4 Å². The highest BCUT2D eigenvalue weighted by molar-refractivity contribution is 7.89. The van der Waals surface area contributed by atoms with Crippen LogP contribution in [0, 0.1) is 0 Å². The van der Waals surface area contributed by atoms with Crippen LogP contribution in [0.25, 0.3) is 0 Å². The van der Waals surface area contributed by atoms with Crippen molar-refractivity contribution in [2.75, 3.05) is 0 Å². The van der Waals surface area contributed by atoms with Crippen LogP contribution in [0.2, 0.25) is 0 Å². The van der Waals surface area contributed by atoms with E-state index in [1.54, 1.807) is 24.3 Å². The SMILES string of the molecule is O=S(=O)(c1ccc(C(F)(F)F)cc1)N1C2c3ccccc3C1C(O)c1[nH]ncc12. The summed E-state index contributed by atoms with van der Waals surface area (Å²) in [5.74, 6) is 0. The smallest absolute Gasteiger partial charge is 0.385 e. The van der Waals surface area contributed by atoms with Crippen LogP contribution < -0.4 is 0 Å². The molecule has 0 saturated heterocycles. The number of fused-ring (bicyclic) bond motifs is 7. The third kappa shape index (κ3) is 2.49.